The van der Waals surface area contributed by atoms with Crippen LogP contribution in [0.4, 0.5) is 5.69 Å². The van der Waals surface area contributed by atoms with E-state index in [9.17, 15) is 4.79 Å². The predicted octanol–water partition coefficient (Wildman–Crippen LogP) is 3.28. The second-order valence-corrected chi connectivity index (χ2v) is 6.10. The molecule has 1 aromatic carbocycles. The zero-order valence-corrected chi connectivity index (χ0v) is 12.7. The molecular formula is C16H23ClN2O. The Morgan fingerprint density at radius 3 is 2.65 bits per heavy atom. The van der Waals surface area contributed by atoms with Crippen LogP contribution >= 0.6 is 12.4 Å². The molecule has 2 aliphatic rings. The van der Waals surface area contributed by atoms with E-state index in [0.29, 0.717) is 24.4 Å². The standard InChI is InChI=1S/C16H22N2O.ClH/c1-11-3-2-4-13(7-11)18-16(19)10-12-8-14-5-6-15(9-12)17-14;/h2-4,7,12,14-15,17H,5-6,8-10H2,1H3,(H,18,19);1H. The monoisotopic (exact) mass is 294 g/mol. The average Bonchev–Trinajstić information content (AvgIpc) is 2.68. The quantitative estimate of drug-likeness (QED) is 0.898. The minimum Gasteiger partial charge on any atom is -0.326 e. The lowest BCUT2D eigenvalue weighted by Gasteiger charge is -2.28. The van der Waals surface area contributed by atoms with Gasteiger partial charge in [0.15, 0.2) is 0 Å². The number of hydrogen-bond donors (Lipinski definition) is 2. The third-order valence-corrected chi connectivity index (χ3v) is 4.35. The number of piperidine rings is 1. The molecule has 3 rings (SSSR count). The highest BCUT2D eigenvalue weighted by Crippen LogP contribution is 2.32. The van der Waals surface area contributed by atoms with Gasteiger partial charge in [0.25, 0.3) is 0 Å². The van der Waals surface area contributed by atoms with Crippen LogP contribution in [0.3, 0.4) is 0 Å². The summed E-state index contributed by atoms with van der Waals surface area (Å²) in [5.41, 5.74) is 2.10. The van der Waals surface area contributed by atoms with E-state index in [1.165, 1.54) is 18.4 Å². The van der Waals surface area contributed by atoms with Gasteiger partial charge in [0, 0.05) is 24.2 Å². The summed E-state index contributed by atoms with van der Waals surface area (Å²) in [6.45, 7) is 2.04. The normalized spacial score (nSPS) is 27.8. The SMILES string of the molecule is Cc1cccc(NC(=O)CC2CC3CCC(C2)N3)c1.Cl. The van der Waals surface area contributed by atoms with Crippen molar-refractivity contribution < 1.29 is 4.79 Å². The largest absolute Gasteiger partial charge is 0.326 e. The Labute approximate surface area is 126 Å². The number of anilines is 1. The van der Waals surface area contributed by atoms with E-state index in [2.05, 4.69) is 10.6 Å². The third-order valence-electron chi connectivity index (χ3n) is 4.35. The molecule has 0 saturated carbocycles. The molecule has 2 heterocycles. The molecule has 2 aliphatic heterocycles. The number of benzene rings is 1. The smallest absolute Gasteiger partial charge is 0.224 e. The van der Waals surface area contributed by atoms with E-state index < -0.39 is 0 Å². The summed E-state index contributed by atoms with van der Waals surface area (Å²) in [4.78, 5) is 12.1. The molecule has 0 radical (unpaired) electrons. The fourth-order valence-electron chi connectivity index (χ4n) is 3.54. The number of carbonyl (C=O) groups excluding carboxylic acids is 1. The fraction of sp³-hybridized carbons (Fsp3) is 0.562. The molecule has 2 bridgehead atoms. The first kappa shape index (κ1) is 15.3. The molecule has 2 fully saturated rings. The molecule has 20 heavy (non-hydrogen) atoms. The summed E-state index contributed by atoms with van der Waals surface area (Å²) in [6, 6.07) is 9.32. The minimum absolute atomic E-state index is 0. The number of hydrogen-bond acceptors (Lipinski definition) is 2. The number of amides is 1. The summed E-state index contributed by atoms with van der Waals surface area (Å²) in [7, 11) is 0. The van der Waals surface area contributed by atoms with Crippen LogP contribution in [0.1, 0.15) is 37.7 Å². The maximum atomic E-state index is 12.1. The fourth-order valence-corrected chi connectivity index (χ4v) is 3.54. The van der Waals surface area contributed by atoms with Gasteiger partial charge in [-0.05, 0) is 56.2 Å². The van der Waals surface area contributed by atoms with Crippen LogP contribution in [0.25, 0.3) is 0 Å². The number of fused-ring (bicyclic) bond motifs is 2. The second-order valence-electron chi connectivity index (χ2n) is 6.10. The van der Waals surface area contributed by atoms with Crippen LogP contribution in [0.2, 0.25) is 0 Å². The molecule has 1 aromatic rings. The number of rotatable bonds is 3. The van der Waals surface area contributed by atoms with Crippen molar-refractivity contribution in [3.63, 3.8) is 0 Å². The topological polar surface area (TPSA) is 41.1 Å². The Morgan fingerprint density at radius 2 is 2.00 bits per heavy atom. The van der Waals surface area contributed by atoms with Crippen molar-refractivity contribution in [1.29, 1.82) is 0 Å². The second kappa shape index (κ2) is 6.59. The van der Waals surface area contributed by atoms with Crippen LogP contribution in [0.5, 0.6) is 0 Å². The number of halogens is 1. The number of carbonyl (C=O) groups is 1. The van der Waals surface area contributed by atoms with Crippen molar-refractivity contribution in [2.24, 2.45) is 5.92 Å². The van der Waals surface area contributed by atoms with Gasteiger partial charge in [-0.15, -0.1) is 12.4 Å². The Kier molecular flexibility index (Phi) is 5.06. The zero-order chi connectivity index (χ0) is 13.2. The van der Waals surface area contributed by atoms with Gasteiger partial charge in [-0.2, -0.15) is 0 Å². The summed E-state index contributed by atoms with van der Waals surface area (Å²) >= 11 is 0. The van der Waals surface area contributed by atoms with Crippen molar-refractivity contribution in [1.82, 2.24) is 5.32 Å². The average molecular weight is 295 g/mol. The molecule has 110 valence electrons. The molecule has 2 unspecified atom stereocenters. The van der Waals surface area contributed by atoms with Crippen LogP contribution in [0.15, 0.2) is 24.3 Å². The highest BCUT2D eigenvalue weighted by atomic mass is 35.5. The lowest BCUT2D eigenvalue weighted by molar-refractivity contribution is -0.117. The van der Waals surface area contributed by atoms with E-state index >= 15 is 0 Å². The Balaban J connectivity index is 0.00000147. The van der Waals surface area contributed by atoms with Gasteiger partial charge in [-0.25, -0.2) is 0 Å². The van der Waals surface area contributed by atoms with Gasteiger partial charge >= 0.3 is 0 Å². The van der Waals surface area contributed by atoms with Crippen LogP contribution in [-0.4, -0.2) is 18.0 Å². The van der Waals surface area contributed by atoms with Crippen LogP contribution < -0.4 is 10.6 Å². The summed E-state index contributed by atoms with van der Waals surface area (Å²) in [5, 5.41) is 6.64. The maximum Gasteiger partial charge on any atom is 0.224 e. The lowest BCUT2D eigenvalue weighted by Crippen LogP contribution is -2.39. The molecule has 2 N–H and O–H groups in total. The van der Waals surface area contributed by atoms with Gasteiger partial charge < -0.3 is 10.6 Å². The van der Waals surface area contributed by atoms with Gasteiger partial charge in [-0.3, -0.25) is 4.79 Å². The minimum atomic E-state index is 0. The van der Waals surface area contributed by atoms with E-state index in [0.717, 1.165) is 18.5 Å². The van der Waals surface area contributed by atoms with Crippen molar-refractivity contribution in [2.75, 3.05) is 5.32 Å². The van der Waals surface area contributed by atoms with E-state index in [-0.39, 0.29) is 18.3 Å². The lowest BCUT2D eigenvalue weighted by atomic mass is 9.89. The highest BCUT2D eigenvalue weighted by molar-refractivity contribution is 5.90. The van der Waals surface area contributed by atoms with Gasteiger partial charge in [0.1, 0.15) is 0 Å². The summed E-state index contributed by atoms with van der Waals surface area (Å²) in [5.74, 6) is 0.723. The molecule has 4 heteroatoms. The predicted molar refractivity (Wildman–Crippen MR) is 84.3 cm³/mol. The van der Waals surface area contributed by atoms with E-state index in [1.807, 2.05) is 31.2 Å². The maximum absolute atomic E-state index is 12.1. The Morgan fingerprint density at radius 1 is 1.30 bits per heavy atom. The molecule has 3 nitrogen and oxygen atoms in total. The van der Waals surface area contributed by atoms with Gasteiger partial charge in [0.05, 0.1) is 0 Å². The van der Waals surface area contributed by atoms with Crippen LogP contribution in [0, 0.1) is 12.8 Å². The first-order chi connectivity index (χ1) is 9.19. The highest BCUT2D eigenvalue weighted by Gasteiger charge is 2.34. The number of aryl methyl sites for hydroxylation is 1. The molecule has 0 aliphatic carbocycles. The van der Waals surface area contributed by atoms with E-state index in [4.69, 9.17) is 0 Å². The van der Waals surface area contributed by atoms with Crippen molar-refractivity contribution in [3.05, 3.63) is 29.8 Å². The molecule has 1 amide bonds. The van der Waals surface area contributed by atoms with Crippen LogP contribution in [-0.2, 0) is 4.79 Å². The first-order valence-corrected chi connectivity index (χ1v) is 7.31. The van der Waals surface area contributed by atoms with Crippen molar-refractivity contribution >= 4 is 24.0 Å². The van der Waals surface area contributed by atoms with Crippen molar-refractivity contribution in [2.45, 2.75) is 51.1 Å². The van der Waals surface area contributed by atoms with Crippen molar-refractivity contribution in [3.8, 4) is 0 Å². The summed E-state index contributed by atoms with van der Waals surface area (Å²) < 4.78 is 0. The zero-order valence-electron chi connectivity index (χ0n) is 11.9. The molecular weight excluding hydrogens is 272 g/mol. The molecule has 2 saturated heterocycles. The van der Waals surface area contributed by atoms with Gasteiger partial charge in [0.2, 0.25) is 5.91 Å². The van der Waals surface area contributed by atoms with Gasteiger partial charge in [-0.1, -0.05) is 12.1 Å². The Bertz CT molecular complexity index is 465. The molecule has 0 aromatic heterocycles. The summed E-state index contributed by atoms with van der Waals surface area (Å²) in [6.07, 6.45) is 5.58. The first-order valence-electron chi connectivity index (χ1n) is 7.31. The Hall–Kier alpha value is -1.06. The molecule has 2 atom stereocenters. The van der Waals surface area contributed by atoms with E-state index in [1.54, 1.807) is 0 Å². The third kappa shape index (κ3) is 3.74. The molecule has 0 spiro atoms. The number of nitrogens with one attached hydrogen (secondary N) is 2.